The molecule has 1 aliphatic rings. The molecule has 0 radical (unpaired) electrons. The van der Waals surface area contributed by atoms with Crippen LogP contribution in [-0.4, -0.2) is 13.6 Å². The van der Waals surface area contributed by atoms with Crippen LogP contribution in [0.5, 0.6) is 0 Å². The average Bonchev–Trinajstić information content (AvgIpc) is 3.27. The van der Waals surface area contributed by atoms with E-state index in [-0.39, 0.29) is 4.90 Å². The van der Waals surface area contributed by atoms with Crippen LogP contribution in [0.4, 0.5) is 5.69 Å². The van der Waals surface area contributed by atoms with Gasteiger partial charge in [0.25, 0.3) is 10.0 Å². The average molecular weight is 475 g/mol. The Morgan fingerprint density at radius 1 is 0.853 bits per heavy atom. The number of benzene rings is 3. The van der Waals surface area contributed by atoms with Gasteiger partial charge in [-0.2, -0.15) is 0 Å². The monoisotopic (exact) mass is 474 g/mol. The highest BCUT2D eigenvalue weighted by molar-refractivity contribution is 7.92. The topological polar surface area (TPSA) is 72.2 Å². The summed E-state index contributed by atoms with van der Waals surface area (Å²) in [5, 5.41) is 5.25. The molecular weight excluding hydrogens is 444 g/mol. The maximum atomic E-state index is 12.6. The van der Waals surface area contributed by atoms with Crippen LogP contribution in [0.3, 0.4) is 0 Å². The van der Waals surface area contributed by atoms with E-state index in [2.05, 4.69) is 40.2 Å². The molecule has 0 bridgehead atoms. The summed E-state index contributed by atoms with van der Waals surface area (Å²) in [4.78, 5) is 0.229. The third kappa shape index (κ3) is 5.33. The zero-order valence-electron chi connectivity index (χ0n) is 19.2. The molecule has 0 amide bonds. The largest absolute Gasteiger partial charge is 0.356 e. The number of fused-ring (bicyclic) bond motifs is 1. The van der Waals surface area contributed by atoms with Crippen molar-refractivity contribution in [1.82, 2.24) is 5.16 Å². The second kappa shape index (κ2) is 10.0. The van der Waals surface area contributed by atoms with E-state index in [0.717, 1.165) is 35.8 Å². The number of rotatable bonds is 8. The standard InChI is InChI=1S/C28H30N2O3S/c31-34(32,25-9-5-2-6-10-25)30-24-16-17-26-27(29-33-28(26)20-24)18-15-21-11-13-23(14-12-21)19-22-7-3-1-4-8-22/h1-10,16-17,20-21,23,30H,11-15,18-19H2. The molecule has 176 valence electrons. The minimum atomic E-state index is -3.64. The van der Waals surface area contributed by atoms with Crippen molar-refractivity contribution in [2.24, 2.45) is 11.8 Å². The van der Waals surface area contributed by atoms with Gasteiger partial charge in [-0.05, 0) is 73.8 Å². The number of nitrogens with zero attached hydrogens (tertiary/aromatic N) is 1. The lowest BCUT2D eigenvalue weighted by Gasteiger charge is -2.28. The molecule has 0 unspecified atom stereocenters. The van der Waals surface area contributed by atoms with Gasteiger partial charge >= 0.3 is 0 Å². The second-order valence-corrected chi connectivity index (χ2v) is 11.1. The number of hydrogen-bond acceptors (Lipinski definition) is 4. The fraction of sp³-hybridized carbons (Fsp3) is 0.321. The fourth-order valence-electron chi connectivity index (χ4n) is 5.06. The van der Waals surface area contributed by atoms with Crippen molar-refractivity contribution in [3.05, 3.63) is 90.1 Å². The van der Waals surface area contributed by atoms with Gasteiger partial charge in [0.2, 0.25) is 0 Å². The van der Waals surface area contributed by atoms with Gasteiger partial charge in [-0.25, -0.2) is 8.42 Å². The lowest BCUT2D eigenvalue weighted by atomic mass is 9.77. The number of hydrogen-bond donors (Lipinski definition) is 1. The van der Waals surface area contributed by atoms with Crippen LogP contribution in [0, 0.1) is 11.8 Å². The van der Waals surface area contributed by atoms with Gasteiger partial charge in [0.1, 0.15) is 0 Å². The molecule has 3 aromatic carbocycles. The molecule has 0 saturated heterocycles. The van der Waals surface area contributed by atoms with Gasteiger partial charge in [0.05, 0.1) is 16.3 Å². The van der Waals surface area contributed by atoms with E-state index < -0.39 is 10.0 Å². The zero-order valence-corrected chi connectivity index (χ0v) is 20.0. The molecule has 5 nitrogen and oxygen atoms in total. The molecule has 1 heterocycles. The Morgan fingerprint density at radius 3 is 2.26 bits per heavy atom. The van der Waals surface area contributed by atoms with Gasteiger partial charge in [0.15, 0.2) is 5.58 Å². The molecule has 5 rings (SSSR count). The number of aromatic nitrogens is 1. The first kappa shape index (κ1) is 22.7. The first-order valence-corrected chi connectivity index (χ1v) is 13.6. The van der Waals surface area contributed by atoms with Gasteiger partial charge in [-0.1, -0.05) is 66.5 Å². The van der Waals surface area contributed by atoms with E-state index in [9.17, 15) is 8.42 Å². The molecule has 1 N–H and O–H groups in total. The van der Waals surface area contributed by atoms with Crippen LogP contribution in [0.25, 0.3) is 11.0 Å². The van der Waals surface area contributed by atoms with Crippen molar-refractivity contribution >= 4 is 26.7 Å². The zero-order chi connectivity index (χ0) is 23.4. The van der Waals surface area contributed by atoms with E-state index in [4.69, 9.17) is 4.52 Å². The number of nitrogens with one attached hydrogen (secondary N) is 1. The molecule has 0 aliphatic heterocycles. The van der Waals surface area contributed by atoms with E-state index >= 15 is 0 Å². The Bertz CT molecular complexity index is 1330. The molecule has 1 fully saturated rings. The smallest absolute Gasteiger partial charge is 0.261 e. The SMILES string of the molecule is O=S(=O)(Nc1ccc2c(CCC3CCC(Cc4ccccc4)CC3)noc2c1)c1ccccc1. The maximum Gasteiger partial charge on any atom is 0.261 e. The van der Waals surface area contributed by atoms with E-state index in [1.54, 1.807) is 42.5 Å². The fourth-order valence-corrected chi connectivity index (χ4v) is 6.13. The molecule has 1 aliphatic carbocycles. The van der Waals surface area contributed by atoms with Crippen molar-refractivity contribution in [2.45, 2.75) is 49.8 Å². The lowest BCUT2D eigenvalue weighted by Crippen LogP contribution is -2.17. The third-order valence-corrected chi connectivity index (χ3v) is 8.37. The third-order valence-electron chi connectivity index (χ3n) is 6.98. The highest BCUT2D eigenvalue weighted by Gasteiger charge is 2.22. The predicted octanol–water partition coefficient (Wildman–Crippen LogP) is 6.61. The highest BCUT2D eigenvalue weighted by Crippen LogP contribution is 2.34. The van der Waals surface area contributed by atoms with Gasteiger partial charge in [0, 0.05) is 11.5 Å². The maximum absolute atomic E-state index is 12.6. The van der Waals surface area contributed by atoms with Gasteiger partial charge < -0.3 is 4.52 Å². The highest BCUT2D eigenvalue weighted by atomic mass is 32.2. The minimum Gasteiger partial charge on any atom is -0.356 e. The summed E-state index contributed by atoms with van der Waals surface area (Å²) in [6.07, 6.45) is 8.33. The van der Waals surface area contributed by atoms with Crippen LogP contribution in [0.2, 0.25) is 0 Å². The molecule has 1 saturated carbocycles. The van der Waals surface area contributed by atoms with Crippen molar-refractivity contribution < 1.29 is 12.9 Å². The molecule has 34 heavy (non-hydrogen) atoms. The van der Waals surface area contributed by atoms with Crippen molar-refractivity contribution in [2.75, 3.05) is 4.72 Å². The predicted molar refractivity (Wildman–Crippen MR) is 135 cm³/mol. The Kier molecular flexibility index (Phi) is 6.68. The van der Waals surface area contributed by atoms with Crippen LogP contribution >= 0.6 is 0 Å². The summed E-state index contributed by atoms with van der Waals surface area (Å²) >= 11 is 0. The quantitative estimate of drug-likeness (QED) is 0.312. The van der Waals surface area contributed by atoms with Gasteiger partial charge in [-0.15, -0.1) is 0 Å². The summed E-state index contributed by atoms with van der Waals surface area (Å²) in [5.74, 6) is 1.53. The Labute approximate surface area is 201 Å². The van der Waals surface area contributed by atoms with Gasteiger partial charge in [-0.3, -0.25) is 4.72 Å². The van der Waals surface area contributed by atoms with Crippen molar-refractivity contribution in [1.29, 1.82) is 0 Å². The summed E-state index contributed by atoms with van der Waals surface area (Å²) in [5.41, 5.74) is 3.48. The molecule has 0 atom stereocenters. The Balaban J connectivity index is 1.16. The Hall–Kier alpha value is -3.12. The van der Waals surface area contributed by atoms with E-state index in [1.807, 2.05) is 6.07 Å². The first-order chi connectivity index (χ1) is 16.6. The van der Waals surface area contributed by atoms with E-state index in [1.165, 1.54) is 37.7 Å². The molecule has 4 aromatic rings. The molecule has 1 aromatic heterocycles. The molecule has 0 spiro atoms. The van der Waals surface area contributed by atoms with Crippen molar-refractivity contribution in [3.63, 3.8) is 0 Å². The van der Waals surface area contributed by atoms with Crippen LogP contribution in [0.15, 0.2) is 88.3 Å². The summed E-state index contributed by atoms with van der Waals surface area (Å²) in [6.45, 7) is 0. The van der Waals surface area contributed by atoms with Crippen LogP contribution < -0.4 is 4.72 Å². The first-order valence-electron chi connectivity index (χ1n) is 12.1. The molecule has 6 heteroatoms. The second-order valence-electron chi connectivity index (χ2n) is 9.37. The number of anilines is 1. The Morgan fingerprint density at radius 2 is 1.53 bits per heavy atom. The van der Waals surface area contributed by atoms with E-state index in [0.29, 0.717) is 11.3 Å². The summed E-state index contributed by atoms with van der Waals surface area (Å²) in [6, 6.07) is 24.5. The summed E-state index contributed by atoms with van der Waals surface area (Å²) in [7, 11) is -3.64. The number of aryl methyl sites for hydroxylation is 1. The number of sulfonamides is 1. The lowest BCUT2D eigenvalue weighted by molar-refractivity contribution is 0.261. The van der Waals surface area contributed by atoms with Crippen molar-refractivity contribution in [3.8, 4) is 0 Å². The summed E-state index contributed by atoms with van der Waals surface area (Å²) < 4.78 is 33.4. The van der Waals surface area contributed by atoms with Crippen LogP contribution in [-0.2, 0) is 22.9 Å². The van der Waals surface area contributed by atoms with Crippen LogP contribution in [0.1, 0.15) is 43.4 Å². The normalized spacial score (nSPS) is 18.7. The minimum absolute atomic E-state index is 0.229. The molecular formula is C28H30N2O3S.